The van der Waals surface area contributed by atoms with Gasteiger partial charge in [0.25, 0.3) is 0 Å². The lowest BCUT2D eigenvalue weighted by Crippen LogP contribution is -1.93. The lowest BCUT2D eigenvalue weighted by Gasteiger charge is -1.91. The third kappa shape index (κ3) is 1.37. The maximum Gasteiger partial charge on any atom is 0.336 e. The molecule has 0 unspecified atom stereocenters. The van der Waals surface area contributed by atoms with Gasteiger partial charge in [-0.2, -0.15) is 0 Å². The summed E-state index contributed by atoms with van der Waals surface area (Å²) in [6.07, 6.45) is 0. The number of rotatable bonds is 0. The molecular weight excluding hydrogens is 152 g/mol. The molecule has 0 aliphatic rings. The predicted octanol–water partition coefficient (Wildman–Crippen LogP) is 1.87. The van der Waals surface area contributed by atoms with E-state index in [2.05, 4.69) is 0 Å². The third-order valence-corrected chi connectivity index (χ3v) is 1.53. The van der Waals surface area contributed by atoms with Crippen LogP contribution in [0.2, 0.25) is 0 Å². The van der Waals surface area contributed by atoms with Gasteiger partial charge < -0.3 is 4.42 Å². The standard InChI is InChI=1S/C9H6O2.C/c10-9-6-5-7-3-1-2-4-8(7)11-9;/h1-6H;. The van der Waals surface area contributed by atoms with Gasteiger partial charge in [-0.05, 0) is 12.1 Å². The second-order valence-electron chi connectivity index (χ2n) is 2.29. The molecule has 58 valence electrons. The highest BCUT2D eigenvalue weighted by atomic mass is 16.4. The Kier molecular flexibility index (Phi) is 2.29. The fourth-order valence-electron chi connectivity index (χ4n) is 1.01. The maximum atomic E-state index is 10.7. The summed E-state index contributed by atoms with van der Waals surface area (Å²) in [4.78, 5) is 10.7. The van der Waals surface area contributed by atoms with Crippen molar-refractivity contribution in [3.63, 3.8) is 0 Å². The molecular formula is C10H6O2. The van der Waals surface area contributed by atoms with Gasteiger partial charge in [0.1, 0.15) is 5.58 Å². The lowest BCUT2D eigenvalue weighted by molar-refractivity contribution is 0.561. The van der Waals surface area contributed by atoms with Crippen LogP contribution in [0, 0.1) is 7.43 Å². The minimum absolute atomic E-state index is 0. The predicted molar refractivity (Wildman–Crippen MR) is 45.7 cm³/mol. The van der Waals surface area contributed by atoms with Gasteiger partial charge in [-0.15, -0.1) is 0 Å². The minimum atomic E-state index is -0.302. The van der Waals surface area contributed by atoms with Crippen molar-refractivity contribution in [2.45, 2.75) is 0 Å². The van der Waals surface area contributed by atoms with Crippen LogP contribution in [0.5, 0.6) is 0 Å². The lowest BCUT2D eigenvalue weighted by atomic mass is 10.2. The Labute approximate surface area is 70.5 Å². The summed E-state index contributed by atoms with van der Waals surface area (Å²) in [7, 11) is 0. The van der Waals surface area contributed by atoms with Crippen LogP contribution in [-0.2, 0) is 0 Å². The summed E-state index contributed by atoms with van der Waals surface area (Å²) < 4.78 is 4.91. The number of hydrogen-bond donors (Lipinski definition) is 0. The molecule has 1 heterocycles. The van der Waals surface area contributed by atoms with E-state index in [0.29, 0.717) is 5.58 Å². The largest absolute Gasteiger partial charge is 0.423 e. The summed E-state index contributed by atoms with van der Waals surface area (Å²) in [6.45, 7) is 0. The normalized spacial score (nSPS) is 9.33. The van der Waals surface area contributed by atoms with Crippen LogP contribution in [0.4, 0.5) is 0 Å². The first-order valence-electron chi connectivity index (χ1n) is 3.35. The molecule has 1 aromatic carbocycles. The summed E-state index contributed by atoms with van der Waals surface area (Å²) in [5.41, 5.74) is 0.337. The Morgan fingerprint density at radius 1 is 1.00 bits per heavy atom. The van der Waals surface area contributed by atoms with Crippen LogP contribution >= 0.6 is 0 Å². The molecule has 0 aliphatic heterocycles. The van der Waals surface area contributed by atoms with Gasteiger partial charge in [0.05, 0.1) is 0 Å². The molecule has 2 rings (SSSR count). The quantitative estimate of drug-likeness (QED) is 0.548. The Morgan fingerprint density at radius 3 is 2.58 bits per heavy atom. The highest BCUT2D eigenvalue weighted by Gasteiger charge is 1.92. The number of hydrogen-bond acceptors (Lipinski definition) is 2. The van der Waals surface area contributed by atoms with E-state index in [4.69, 9.17) is 4.42 Å². The van der Waals surface area contributed by atoms with E-state index in [1.165, 1.54) is 6.07 Å². The summed E-state index contributed by atoms with van der Waals surface area (Å²) in [6, 6.07) is 10.6. The first-order valence-corrected chi connectivity index (χ1v) is 3.35. The smallest absolute Gasteiger partial charge is 0.336 e. The molecule has 0 amide bonds. The molecule has 2 aromatic rings. The summed E-state index contributed by atoms with van der Waals surface area (Å²) in [5, 5.41) is 0.951. The van der Waals surface area contributed by atoms with Crippen LogP contribution in [-0.4, -0.2) is 0 Å². The number of fused-ring (bicyclic) bond motifs is 1. The molecule has 0 spiro atoms. The van der Waals surface area contributed by atoms with Crippen molar-refractivity contribution in [1.82, 2.24) is 0 Å². The Morgan fingerprint density at radius 2 is 1.75 bits per heavy atom. The van der Waals surface area contributed by atoms with Crippen molar-refractivity contribution in [1.29, 1.82) is 0 Å². The highest BCUT2D eigenvalue weighted by Crippen LogP contribution is 2.08. The van der Waals surface area contributed by atoms with Crippen LogP contribution < -0.4 is 5.63 Å². The van der Waals surface area contributed by atoms with Gasteiger partial charge in [0.15, 0.2) is 0 Å². The van der Waals surface area contributed by atoms with Crippen molar-refractivity contribution < 1.29 is 4.42 Å². The fourth-order valence-corrected chi connectivity index (χ4v) is 1.01. The molecule has 0 fully saturated rings. The molecule has 12 heavy (non-hydrogen) atoms. The summed E-state index contributed by atoms with van der Waals surface area (Å²) in [5.74, 6) is 0. The Bertz CT molecular complexity index is 429. The first kappa shape index (κ1) is 8.53. The van der Waals surface area contributed by atoms with Crippen molar-refractivity contribution in [2.75, 3.05) is 0 Å². The zero-order valence-electron chi connectivity index (χ0n) is 6.28. The maximum absolute atomic E-state index is 10.7. The molecule has 0 aliphatic carbocycles. The van der Waals surface area contributed by atoms with E-state index in [0.717, 1.165) is 5.39 Å². The monoisotopic (exact) mass is 158 g/mol. The third-order valence-electron chi connectivity index (χ3n) is 1.53. The molecule has 2 heteroatoms. The molecule has 0 atom stereocenters. The average Bonchev–Trinajstić information content (AvgIpc) is 2.04. The number of para-hydroxylation sites is 1. The molecule has 1 aromatic heterocycles. The van der Waals surface area contributed by atoms with Crippen molar-refractivity contribution in [3.05, 3.63) is 54.2 Å². The van der Waals surface area contributed by atoms with Crippen molar-refractivity contribution in [3.8, 4) is 0 Å². The molecule has 0 saturated carbocycles. The highest BCUT2D eigenvalue weighted by molar-refractivity contribution is 5.75. The fraction of sp³-hybridized carbons (Fsp3) is 0. The van der Waals surface area contributed by atoms with Crippen molar-refractivity contribution >= 4 is 11.0 Å². The van der Waals surface area contributed by atoms with Gasteiger partial charge in [-0.25, -0.2) is 4.79 Å². The zero-order chi connectivity index (χ0) is 7.68. The van der Waals surface area contributed by atoms with Gasteiger partial charge in [-0.3, -0.25) is 0 Å². The van der Waals surface area contributed by atoms with Gasteiger partial charge in [0, 0.05) is 18.9 Å². The van der Waals surface area contributed by atoms with Crippen LogP contribution in [0.25, 0.3) is 11.0 Å². The van der Waals surface area contributed by atoms with Gasteiger partial charge >= 0.3 is 5.63 Å². The first-order chi connectivity index (χ1) is 5.36. The van der Waals surface area contributed by atoms with E-state index >= 15 is 0 Å². The van der Waals surface area contributed by atoms with E-state index in [-0.39, 0.29) is 13.1 Å². The minimum Gasteiger partial charge on any atom is -0.423 e. The second kappa shape index (κ2) is 3.22. The van der Waals surface area contributed by atoms with Gasteiger partial charge in [-0.1, -0.05) is 18.2 Å². The van der Waals surface area contributed by atoms with Crippen molar-refractivity contribution in [2.24, 2.45) is 0 Å². The number of benzene rings is 1. The van der Waals surface area contributed by atoms with E-state index in [1.54, 1.807) is 12.1 Å². The van der Waals surface area contributed by atoms with E-state index < -0.39 is 0 Å². The molecule has 0 bridgehead atoms. The van der Waals surface area contributed by atoms with Crippen LogP contribution in [0.15, 0.2) is 45.6 Å². The van der Waals surface area contributed by atoms with E-state index in [9.17, 15) is 4.79 Å². The average molecular weight is 158 g/mol. The molecule has 4 radical (unpaired) electrons. The van der Waals surface area contributed by atoms with Gasteiger partial charge in [0.2, 0.25) is 0 Å². The van der Waals surface area contributed by atoms with E-state index in [1.807, 2.05) is 18.2 Å². The molecule has 0 saturated heterocycles. The molecule has 2 nitrogen and oxygen atoms in total. The topological polar surface area (TPSA) is 30.2 Å². The van der Waals surface area contributed by atoms with Crippen LogP contribution in [0.3, 0.4) is 0 Å². The molecule has 0 N–H and O–H groups in total. The zero-order valence-corrected chi connectivity index (χ0v) is 6.28. The van der Waals surface area contributed by atoms with Crippen LogP contribution in [0.1, 0.15) is 0 Å². The Balaban J connectivity index is 0.000000720. The second-order valence-corrected chi connectivity index (χ2v) is 2.29. The SMILES string of the molecule is O=c1ccc2ccccc2o1.[C]. The Hall–Kier alpha value is -1.57. The summed E-state index contributed by atoms with van der Waals surface area (Å²) >= 11 is 0.